The molecule has 3 nitrogen and oxygen atoms in total. The summed E-state index contributed by atoms with van der Waals surface area (Å²) in [5.74, 6) is 0.534. The lowest BCUT2D eigenvalue weighted by molar-refractivity contribution is -0.137. The van der Waals surface area contributed by atoms with Crippen LogP contribution in [0.25, 0.3) is 6.08 Å². The van der Waals surface area contributed by atoms with Gasteiger partial charge in [0.15, 0.2) is 0 Å². The molecule has 1 aliphatic carbocycles. The maximum atomic E-state index is 11.1. The molecule has 0 amide bonds. The number of nitrogens with one attached hydrogen (secondary N) is 1. The Bertz CT molecular complexity index is 511. The van der Waals surface area contributed by atoms with E-state index in [0.717, 1.165) is 18.0 Å². The van der Waals surface area contributed by atoms with Crippen LogP contribution in [0.1, 0.15) is 38.2 Å². The largest absolute Gasteiger partial charge is 0.463 e. The molecular formula is C19H25NO2. The summed E-state index contributed by atoms with van der Waals surface area (Å²) < 4.78 is 4.81. The lowest BCUT2D eigenvalue weighted by Crippen LogP contribution is -2.10. The summed E-state index contributed by atoms with van der Waals surface area (Å²) in [4.78, 5) is 11.1. The van der Waals surface area contributed by atoms with E-state index in [1.807, 2.05) is 12.2 Å². The van der Waals surface area contributed by atoms with E-state index in [2.05, 4.69) is 29.6 Å². The summed E-state index contributed by atoms with van der Waals surface area (Å²) in [7, 11) is 0. The van der Waals surface area contributed by atoms with E-state index in [9.17, 15) is 4.79 Å². The molecule has 0 unspecified atom stereocenters. The number of esters is 1. The predicted octanol–water partition coefficient (Wildman–Crippen LogP) is 4.42. The van der Waals surface area contributed by atoms with Gasteiger partial charge in [0.1, 0.15) is 0 Å². The fourth-order valence-electron chi connectivity index (χ4n) is 2.68. The summed E-state index contributed by atoms with van der Waals surface area (Å²) in [5, 5.41) is 3.51. The molecule has 1 saturated carbocycles. The van der Waals surface area contributed by atoms with E-state index < -0.39 is 0 Å². The number of anilines is 1. The first kappa shape index (κ1) is 16.3. The highest BCUT2D eigenvalue weighted by Crippen LogP contribution is 2.25. The van der Waals surface area contributed by atoms with Crippen molar-refractivity contribution in [3.05, 3.63) is 48.1 Å². The Hall–Kier alpha value is -2.03. The maximum absolute atomic E-state index is 11.1. The number of allylic oxidation sites excluding steroid dienone is 2. The van der Waals surface area contributed by atoms with Crippen LogP contribution >= 0.6 is 0 Å². The van der Waals surface area contributed by atoms with Crippen LogP contribution in [-0.4, -0.2) is 19.1 Å². The van der Waals surface area contributed by atoms with Gasteiger partial charge in [0.2, 0.25) is 0 Å². The fourth-order valence-corrected chi connectivity index (χ4v) is 2.68. The molecular weight excluding hydrogens is 274 g/mol. The van der Waals surface area contributed by atoms with Crippen LogP contribution < -0.4 is 5.32 Å². The molecule has 0 saturated heterocycles. The van der Waals surface area contributed by atoms with E-state index >= 15 is 0 Å². The highest BCUT2D eigenvalue weighted by Gasteiger charge is 2.13. The summed E-state index contributed by atoms with van der Waals surface area (Å²) >= 11 is 0. The Morgan fingerprint density at radius 3 is 2.64 bits per heavy atom. The van der Waals surface area contributed by atoms with Crippen molar-refractivity contribution in [3.63, 3.8) is 0 Å². The molecule has 0 aromatic heterocycles. The molecule has 0 spiro atoms. The molecule has 0 bridgehead atoms. The van der Waals surface area contributed by atoms with Crippen LogP contribution in [0.15, 0.2) is 42.5 Å². The van der Waals surface area contributed by atoms with Crippen LogP contribution in [0, 0.1) is 5.92 Å². The second kappa shape index (κ2) is 9.08. The number of carbonyl (C=O) groups is 1. The molecule has 0 aliphatic heterocycles. The first-order chi connectivity index (χ1) is 10.8. The number of ether oxygens (including phenoxy) is 1. The highest BCUT2D eigenvalue weighted by molar-refractivity contribution is 5.82. The van der Waals surface area contributed by atoms with Crippen LogP contribution in [0.3, 0.4) is 0 Å². The van der Waals surface area contributed by atoms with Gasteiger partial charge in [0.05, 0.1) is 6.61 Å². The van der Waals surface area contributed by atoms with Gasteiger partial charge < -0.3 is 10.1 Å². The lowest BCUT2D eigenvalue weighted by Gasteiger charge is -2.11. The Morgan fingerprint density at radius 1 is 1.23 bits per heavy atom. The Kier molecular flexibility index (Phi) is 6.75. The van der Waals surface area contributed by atoms with Crippen LogP contribution in [0.5, 0.6) is 0 Å². The number of benzene rings is 1. The quantitative estimate of drug-likeness (QED) is 0.460. The molecule has 118 valence electrons. The van der Waals surface area contributed by atoms with Crippen molar-refractivity contribution >= 4 is 17.7 Å². The van der Waals surface area contributed by atoms with Gasteiger partial charge in [-0.25, -0.2) is 4.79 Å². The molecule has 22 heavy (non-hydrogen) atoms. The molecule has 1 N–H and O–H groups in total. The van der Waals surface area contributed by atoms with Gasteiger partial charge in [-0.3, -0.25) is 0 Å². The number of hydrogen-bond donors (Lipinski definition) is 1. The Morgan fingerprint density at radius 2 is 1.95 bits per heavy atom. The van der Waals surface area contributed by atoms with E-state index in [1.165, 1.54) is 37.4 Å². The first-order valence-corrected chi connectivity index (χ1v) is 8.13. The van der Waals surface area contributed by atoms with Crippen LogP contribution in [0.4, 0.5) is 5.69 Å². The van der Waals surface area contributed by atoms with Crippen molar-refractivity contribution in [2.45, 2.75) is 32.6 Å². The standard InChI is InChI=1S/C19H25NO2/c1-2-22-19(21)10-6-5-7-16-11-13-18(14-12-16)20-15-17-8-3-4-9-17/h5-7,10-14,17,20H,2-4,8-9,15H2,1H3. The topological polar surface area (TPSA) is 38.3 Å². The molecule has 0 radical (unpaired) electrons. The van der Waals surface area contributed by atoms with Gasteiger partial charge in [0.25, 0.3) is 0 Å². The zero-order valence-corrected chi connectivity index (χ0v) is 13.3. The summed E-state index contributed by atoms with van der Waals surface area (Å²) in [6.07, 6.45) is 12.4. The average Bonchev–Trinajstić information content (AvgIpc) is 3.04. The summed E-state index contributed by atoms with van der Waals surface area (Å²) in [6.45, 7) is 3.28. The van der Waals surface area contributed by atoms with Crippen molar-refractivity contribution in [2.75, 3.05) is 18.5 Å². The number of carbonyl (C=O) groups excluding carboxylic acids is 1. The van der Waals surface area contributed by atoms with Gasteiger partial charge in [-0.15, -0.1) is 0 Å². The summed E-state index contributed by atoms with van der Waals surface area (Å²) in [6, 6.07) is 8.35. The monoisotopic (exact) mass is 299 g/mol. The normalized spacial score (nSPS) is 15.7. The third-order valence-electron chi connectivity index (χ3n) is 3.90. The SMILES string of the molecule is CCOC(=O)C=CC=Cc1ccc(NCC2CCCC2)cc1. The molecule has 1 aromatic carbocycles. The van der Waals surface area contributed by atoms with E-state index in [0.29, 0.717) is 6.61 Å². The lowest BCUT2D eigenvalue weighted by atomic mass is 10.1. The smallest absolute Gasteiger partial charge is 0.330 e. The predicted molar refractivity (Wildman–Crippen MR) is 91.7 cm³/mol. The number of rotatable bonds is 7. The highest BCUT2D eigenvalue weighted by atomic mass is 16.5. The molecule has 0 atom stereocenters. The van der Waals surface area contributed by atoms with Crippen molar-refractivity contribution in [3.8, 4) is 0 Å². The summed E-state index contributed by atoms with van der Waals surface area (Å²) in [5.41, 5.74) is 2.28. The van der Waals surface area contributed by atoms with Gasteiger partial charge in [-0.1, -0.05) is 43.2 Å². The molecule has 1 aliphatic rings. The van der Waals surface area contributed by atoms with Crippen LogP contribution in [-0.2, 0) is 9.53 Å². The third-order valence-corrected chi connectivity index (χ3v) is 3.90. The van der Waals surface area contributed by atoms with E-state index in [-0.39, 0.29) is 5.97 Å². The fraction of sp³-hybridized carbons (Fsp3) is 0.421. The second-order valence-electron chi connectivity index (χ2n) is 5.62. The third kappa shape index (κ3) is 5.76. The van der Waals surface area contributed by atoms with Crippen LogP contribution in [0.2, 0.25) is 0 Å². The van der Waals surface area contributed by atoms with Crippen molar-refractivity contribution in [1.29, 1.82) is 0 Å². The zero-order valence-electron chi connectivity index (χ0n) is 13.3. The van der Waals surface area contributed by atoms with Gasteiger partial charge in [-0.05, 0) is 43.4 Å². The van der Waals surface area contributed by atoms with Crippen molar-refractivity contribution in [2.24, 2.45) is 5.92 Å². The molecule has 0 heterocycles. The molecule has 1 fully saturated rings. The average molecular weight is 299 g/mol. The maximum Gasteiger partial charge on any atom is 0.330 e. The number of hydrogen-bond acceptors (Lipinski definition) is 3. The zero-order chi connectivity index (χ0) is 15.6. The molecule has 2 rings (SSSR count). The van der Waals surface area contributed by atoms with E-state index in [1.54, 1.807) is 13.0 Å². The first-order valence-electron chi connectivity index (χ1n) is 8.13. The minimum absolute atomic E-state index is 0.307. The second-order valence-corrected chi connectivity index (χ2v) is 5.62. The van der Waals surface area contributed by atoms with E-state index in [4.69, 9.17) is 4.74 Å². The van der Waals surface area contributed by atoms with Gasteiger partial charge in [0, 0.05) is 18.3 Å². The van der Waals surface area contributed by atoms with Crippen molar-refractivity contribution in [1.82, 2.24) is 0 Å². The van der Waals surface area contributed by atoms with Crippen molar-refractivity contribution < 1.29 is 9.53 Å². The molecule has 3 heteroatoms. The Balaban J connectivity index is 1.77. The minimum Gasteiger partial charge on any atom is -0.463 e. The van der Waals surface area contributed by atoms with Gasteiger partial charge >= 0.3 is 5.97 Å². The Labute approximate surface area is 133 Å². The minimum atomic E-state index is -0.307. The van der Waals surface area contributed by atoms with Gasteiger partial charge in [-0.2, -0.15) is 0 Å². The molecule has 1 aromatic rings.